The second-order valence-electron chi connectivity index (χ2n) is 7.21. The standard InChI is InChI=1S/C19H23N5O3S2/c1-13-16-10-14(12-20-19(16)23(2)22-13)21-17(25)11-15-6-7-18(28-15)29(26,27)24-8-4-3-5-9-24/h6-7,10,12H,3-5,8-9,11H2,1-2H3,(H,21,25). The number of pyridine rings is 1. The average Bonchev–Trinajstić information content (AvgIpc) is 3.27. The van der Waals surface area contributed by atoms with Crippen molar-refractivity contribution in [1.82, 2.24) is 19.1 Å². The van der Waals surface area contributed by atoms with Crippen LogP contribution in [0.3, 0.4) is 0 Å². The molecule has 29 heavy (non-hydrogen) atoms. The molecule has 1 N–H and O–H groups in total. The zero-order chi connectivity index (χ0) is 20.6. The van der Waals surface area contributed by atoms with Gasteiger partial charge >= 0.3 is 0 Å². The highest BCUT2D eigenvalue weighted by Gasteiger charge is 2.27. The molecular formula is C19H23N5O3S2. The molecule has 1 aliphatic rings. The molecule has 0 aliphatic carbocycles. The number of piperidine rings is 1. The number of carbonyl (C=O) groups is 1. The van der Waals surface area contributed by atoms with Crippen molar-refractivity contribution in [2.75, 3.05) is 18.4 Å². The van der Waals surface area contributed by atoms with Gasteiger partial charge in [0.25, 0.3) is 10.0 Å². The molecule has 10 heteroatoms. The third kappa shape index (κ3) is 4.05. The van der Waals surface area contributed by atoms with E-state index in [0.717, 1.165) is 47.3 Å². The minimum Gasteiger partial charge on any atom is -0.324 e. The molecular weight excluding hydrogens is 410 g/mol. The van der Waals surface area contributed by atoms with E-state index < -0.39 is 10.0 Å². The molecule has 4 heterocycles. The fraction of sp³-hybridized carbons (Fsp3) is 0.421. The summed E-state index contributed by atoms with van der Waals surface area (Å²) < 4.78 is 29.1. The summed E-state index contributed by atoms with van der Waals surface area (Å²) in [5, 5.41) is 8.05. The first-order valence-corrected chi connectivity index (χ1v) is 11.8. The van der Waals surface area contributed by atoms with Crippen molar-refractivity contribution in [3.8, 4) is 0 Å². The van der Waals surface area contributed by atoms with Gasteiger partial charge in [0.15, 0.2) is 5.65 Å². The highest BCUT2D eigenvalue weighted by Crippen LogP contribution is 2.27. The van der Waals surface area contributed by atoms with Gasteiger partial charge in [0.2, 0.25) is 5.91 Å². The number of hydrogen-bond donors (Lipinski definition) is 1. The van der Waals surface area contributed by atoms with E-state index in [1.165, 1.54) is 0 Å². The summed E-state index contributed by atoms with van der Waals surface area (Å²) in [6.07, 6.45) is 4.58. The molecule has 1 aliphatic heterocycles. The van der Waals surface area contributed by atoms with Crippen LogP contribution in [-0.4, -0.2) is 46.5 Å². The SMILES string of the molecule is Cc1nn(C)c2ncc(NC(=O)Cc3ccc(S(=O)(=O)N4CCCCC4)s3)cc12. The number of carbonyl (C=O) groups excluding carboxylic acids is 1. The molecule has 0 bridgehead atoms. The van der Waals surface area contributed by atoms with Crippen LogP contribution in [0.15, 0.2) is 28.6 Å². The van der Waals surface area contributed by atoms with E-state index in [1.807, 2.05) is 20.0 Å². The average molecular weight is 434 g/mol. The highest BCUT2D eigenvalue weighted by molar-refractivity contribution is 7.91. The fourth-order valence-electron chi connectivity index (χ4n) is 3.56. The van der Waals surface area contributed by atoms with E-state index in [2.05, 4.69) is 15.4 Å². The van der Waals surface area contributed by atoms with Gasteiger partial charge in [-0.2, -0.15) is 9.40 Å². The lowest BCUT2D eigenvalue weighted by molar-refractivity contribution is -0.115. The Labute approximate surface area is 173 Å². The van der Waals surface area contributed by atoms with Crippen LogP contribution in [0.2, 0.25) is 0 Å². The maximum atomic E-state index is 12.8. The molecule has 0 aromatic carbocycles. The number of anilines is 1. The smallest absolute Gasteiger partial charge is 0.252 e. The Hall–Kier alpha value is -2.30. The van der Waals surface area contributed by atoms with Gasteiger partial charge in [0.1, 0.15) is 4.21 Å². The number of amides is 1. The Morgan fingerprint density at radius 3 is 2.76 bits per heavy atom. The molecule has 3 aromatic rings. The molecule has 0 saturated carbocycles. The summed E-state index contributed by atoms with van der Waals surface area (Å²) in [6, 6.07) is 5.17. The summed E-state index contributed by atoms with van der Waals surface area (Å²) in [5.41, 5.74) is 2.19. The van der Waals surface area contributed by atoms with Crippen LogP contribution in [0.5, 0.6) is 0 Å². The molecule has 0 spiro atoms. The molecule has 1 amide bonds. The molecule has 154 valence electrons. The Morgan fingerprint density at radius 2 is 2.00 bits per heavy atom. The summed E-state index contributed by atoms with van der Waals surface area (Å²) in [4.78, 5) is 17.5. The van der Waals surface area contributed by atoms with E-state index in [9.17, 15) is 13.2 Å². The second kappa shape index (κ2) is 7.85. The molecule has 4 rings (SSSR count). The Bertz CT molecular complexity index is 1160. The van der Waals surface area contributed by atoms with Crippen molar-refractivity contribution < 1.29 is 13.2 Å². The number of rotatable bonds is 5. The fourth-order valence-corrected chi connectivity index (χ4v) is 6.59. The highest BCUT2D eigenvalue weighted by atomic mass is 32.2. The lowest BCUT2D eigenvalue weighted by Gasteiger charge is -2.25. The van der Waals surface area contributed by atoms with Gasteiger partial charge in [0.05, 0.1) is 24.0 Å². The van der Waals surface area contributed by atoms with E-state index in [4.69, 9.17) is 0 Å². The van der Waals surface area contributed by atoms with E-state index in [1.54, 1.807) is 27.3 Å². The van der Waals surface area contributed by atoms with Crippen LogP contribution in [0, 0.1) is 6.92 Å². The number of thiophene rings is 1. The monoisotopic (exact) mass is 433 g/mol. The van der Waals surface area contributed by atoms with Gasteiger partial charge in [-0.15, -0.1) is 11.3 Å². The first kappa shape index (κ1) is 20.0. The second-order valence-corrected chi connectivity index (χ2v) is 10.5. The Balaban J connectivity index is 1.45. The predicted octanol–water partition coefficient (Wildman–Crippen LogP) is 2.69. The Kier molecular flexibility index (Phi) is 5.41. The summed E-state index contributed by atoms with van der Waals surface area (Å²) in [6.45, 7) is 3.03. The zero-order valence-electron chi connectivity index (χ0n) is 16.4. The maximum Gasteiger partial charge on any atom is 0.252 e. The van der Waals surface area contributed by atoms with Crippen molar-refractivity contribution in [1.29, 1.82) is 0 Å². The third-order valence-corrected chi connectivity index (χ3v) is 8.48. The number of nitrogens with one attached hydrogen (secondary N) is 1. The van der Waals surface area contributed by atoms with E-state index in [-0.39, 0.29) is 12.3 Å². The van der Waals surface area contributed by atoms with Crippen molar-refractivity contribution in [2.45, 2.75) is 36.8 Å². The van der Waals surface area contributed by atoms with Gasteiger partial charge in [-0.25, -0.2) is 13.4 Å². The normalized spacial score (nSPS) is 15.7. The van der Waals surface area contributed by atoms with Crippen LogP contribution in [0.4, 0.5) is 5.69 Å². The number of hydrogen-bond acceptors (Lipinski definition) is 6. The van der Waals surface area contributed by atoms with Crippen LogP contribution in [0.1, 0.15) is 29.8 Å². The van der Waals surface area contributed by atoms with Crippen molar-refractivity contribution in [2.24, 2.45) is 7.05 Å². The van der Waals surface area contributed by atoms with Crippen molar-refractivity contribution >= 4 is 44.0 Å². The molecule has 0 atom stereocenters. The molecule has 0 unspecified atom stereocenters. The molecule has 3 aromatic heterocycles. The number of fused-ring (bicyclic) bond motifs is 1. The number of sulfonamides is 1. The van der Waals surface area contributed by atoms with Gasteiger partial charge in [-0.05, 0) is 38.0 Å². The van der Waals surface area contributed by atoms with Crippen molar-refractivity contribution in [3.05, 3.63) is 35.0 Å². The van der Waals surface area contributed by atoms with E-state index >= 15 is 0 Å². The number of aromatic nitrogens is 3. The topological polar surface area (TPSA) is 97.2 Å². The minimum absolute atomic E-state index is 0.115. The van der Waals surface area contributed by atoms with Gasteiger partial charge in [0, 0.05) is 30.4 Å². The maximum absolute atomic E-state index is 12.8. The summed E-state index contributed by atoms with van der Waals surface area (Å²) in [5.74, 6) is -0.212. The lowest BCUT2D eigenvalue weighted by atomic mass is 10.2. The third-order valence-electron chi connectivity index (χ3n) is 5.03. The summed E-state index contributed by atoms with van der Waals surface area (Å²) in [7, 11) is -1.64. The molecule has 8 nitrogen and oxygen atoms in total. The summed E-state index contributed by atoms with van der Waals surface area (Å²) >= 11 is 1.16. The number of nitrogens with zero attached hydrogens (tertiary/aromatic N) is 4. The van der Waals surface area contributed by atoms with Crippen molar-refractivity contribution in [3.63, 3.8) is 0 Å². The molecule has 1 fully saturated rings. The van der Waals surface area contributed by atoms with E-state index in [0.29, 0.717) is 27.9 Å². The Morgan fingerprint density at radius 1 is 1.24 bits per heavy atom. The quantitative estimate of drug-likeness (QED) is 0.667. The van der Waals surface area contributed by atoms with Gasteiger partial charge < -0.3 is 5.32 Å². The number of aryl methyl sites for hydroxylation is 2. The zero-order valence-corrected chi connectivity index (χ0v) is 18.0. The van der Waals surface area contributed by atoms with Crippen LogP contribution in [0.25, 0.3) is 11.0 Å². The van der Waals surface area contributed by atoms with Crippen LogP contribution < -0.4 is 5.32 Å². The lowest BCUT2D eigenvalue weighted by Crippen LogP contribution is -2.35. The first-order chi connectivity index (χ1) is 13.8. The van der Waals surface area contributed by atoms with Crippen LogP contribution >= 0.6 is 11.3 Å². The van der Waals surface area contributed by atoms with Gasteiger partial charge in [-0.3, -0.25) is 9.48 Å². The molecule has 0 radical (unpaired) electrons. The van der Waals surface area contributed by atoms with Gasteiger partial charge in [-0.1, -0.05) is 6.42 Å². The first-order valence-electron chi connectivity index (χ1n) is 9.52. The minimum atomic E-state index is -3.46. The molecule has 1 saturated heterocycles. The van der Waals surface area contributed by atoms with Crippen LogP contribution in [-0.2, 0) is 28.3 Å². The predicted molar refractivity (Wildman–Crippen MR) is 113 cm³/mol. The largest absolute Gasteiger partial charge is 0.324 e.